The lowest BCUT2D eigenvalue weighted by Crippen LogP contribution is -2.47. The number of carbonyl (C=O) groups is 3. The zero-order valence-corrected chi connectivity index (χ0v) is 14.8. The second kappa shape index (κ2) is 6.72. The van der Waals surface area contributed by atoms with Crippen LogP contribution in [0.15, 0.2) is 59.0 Å². The molecule has 3 aromatic rings. The van der Waals surface area contributed by atoms with Gasteiger partial charge >= 0.3 is 0 Å². The summed E-state index contributed by atoms with van der Waals surface area (Å²) in [6.07, 6.45) is 0.119. The van der Waals surface area contributed by atoms with E-state index in [0.29, 0.717) is 16.9 Å². The number of carbonyl (C=O) groups excluding carboxylic acids is 3. The minimum absolute atomic E-state index is 0.119. The highest BCUT2D eigenvalue weighted by molar-refractivity contribution is 6.11. The topological polar surface area (TPSA) is 79.6 Å². The molecule has 0 fully saturated rings. The van der Waals surface area contributed by atoms with E-state index in [9.17, 15) is 14.4 Å². The van der Waals surface area contributed by atoms with E-state index >= 15 is 0 Å². The highest BCUT2D eigenvalue weighted by Gasteiger charge is 2.32. The van der Waals surface area contributed by atoms with Crippen LogP contribution in [0.1, 0.15) is 34.6 Å². The van der Waals surface area contributed by atoms with Crippen LogP contribution < -0.4 is 5.32 Å². The van der Waals surface area contributed by atoms with E-state index in [4.69, 9.17) is 4.42 Å². The van der Waals surface area contributed by atoms with Gasteiger partial charge < -0.3 is 9.73 Å². The van der Waals surface area contributed by atoms with Crippen LogP contribution >= 0.6 is 0 Å². The SMILES string of the molecule is C[C@@H](NC(=O)CN1C(=O)Cc2ccccc2C1=O)c1cc2ccccc2o1. The number of fused-ring (bicyclic) bond motifs is 2. The molecular formula is C21H18N2O4. The summed E-state index contributed by atoms with van der Waals surface area (Å²) >= 11 is 0. The van der Waals surface area contributed by atoms with Gasteiger partial charge in [-0.15, -0.1) is 0 Å². The molecule has 4 rings (SSSR count). The van der Waals surface area contributed by atoms with Crippen LogP contribution in [0.25, 0.3) is 11.0 Å². The Balaban J connectivity index is 1.46. The molecule has 6 heteroatoms. The molecule has 0 saturated carbocycles. The molecule has 1 N–H and O–H groups in total. The normalized spacial score (nSPS) is 14.9. The number of para-hydroxylation sites is 1. The van der Waals surface area contributed by atoms with Gasteiger partial charge in [0.1, 0.15) is 17.9 Å². The first-order valence-corrected chi connectivity index (χ1v) is 8.73. The van der Waals surface area contributed by atoms with E-state index in [1.54, 1.807) is 31.2 Å². The molecule has 2 aromatic carbocycles. The van der Waals surface area contributed by atoms with E-state index in [-0.39, 0.29) is 24.9 Å². The fraction of sp³-hybridized carbons (Fsp3) is 0.190. The minimum Gasteiger partial charge on any atom is -0.459 e. The summed E-state index contributed by atoms with van der Waals surface area (Å²) in [6, 6.07) is 16.0. The first-order valence-electron chi connectivity index (χ1n) is 8.73. The molecule has 1 aromatic heterocycles. The molecule has 0 spiro atoms. The quantitative estimate of drug-likeness (QED) is 0.724. The summed E-state index contributed by atoms with van der Waals surface area (Å²) in [7, 11) is 0. The summed E-state index contributed by atoms with van der Waals surface area (Å²) in [5.74, 6) is -0.603. The number of furan rings is 1. The van der Waals surface area contributed by atoms with Crippen molar-refractivity contribution in [2.24, 2.45) is 0 Å². The fourth-order valence-electron chi connectivity index (χ4n) is 3.28. The van der Waals surface area contributed by atoms with Crippen molar-refractivity contribution < 1.29 is 18.8 Å². The van der Waals surface area contributed by atoms with Gasteiger partial charge in [-0.1, -0.05) is 36.4 Å². The van der Waals surface area contributed by atoms with Gasteiger partial charge in [-0.3, -0.25) is 19.3 Å². The van der Waals surface area contributed by atoms with E-state index in [2.05, 4.69) is 5.32 Å². The monoisotopic (exact) mass is 362 g/mol. The minimum atomic E-state index is -0.437. The highest BCUT2D eigenvalue weighted by atomic mass is 16.3. The molecule has 0 bridgehead atoms. The zero-order chi connectivity index (χ0) is 19.0. The number of hydrogen-bond acceptors (Lipinski definition) is 4. The van der Waals surface area contributed by atoms with Crippen LogP contribution in [-0.4, -0.2) is 29.2 Å². The van der Waals surface area contributed by atoms with Gasteiger partial charge in [0, 0.05) is 10.9 Å². The average Bonchev–Trinajstić information content (AvgIpc) is 3.09. The number of imide groups is 1. The average molecular weight is 362 g/mol. The van der Waals surface area contributed by atoms with Crippen molar-refractivity contribution in [2.75, 3.05) is 6.54 Å². The molecule has 2 heterocycles. The van der Waals surface area contributed by atoms with Gasteiger partial charge in [-0.25, -0.2) is 0 Å². The predicted molar refractivity (Wildman–Crippen MR) is 99.0 cm³/mol. The summed E-state index contributed by atoms with van der Waals surface area (Å²) in [5.41, 5.74) is 1.90. The van der Waals surface area contributed by atoms with Gasteiger partial charge in [0.25, 0.3) is 5.91 Å². The van der Waals surface area contributed by atoms with Crippen molar-refractivity contribution in [1.82, 2.24) is 10.2 Å². The van der Waals surface area contributed by atoms with Crippen molar-refractivity contribution in [3.05, 3.63) is 71.5 Å². The highest BCUT2D eigenvalue weighted by Crippen LogP contribution is 2.24. The lowest BCUT2D eigenvalue weighted by Gasteiger charge is -2.26. The molecule has 3 amide bonds. The van der Waals surface area contributed by atoms with Crippen molar-refractivity contribution in [1.29, 1.82) is 0 Å². The molecule has 0 radical (unpaired) electrons. The number of hydrogen-bond donors (Lipinski definition) is 1. The molecule has 0 unspecified atom stereocenters. The summed E-state index contributed by atoms with van der Waals surface area (Å²) in [5, 5.41) is 3.74. The van der Waals surface area contributed by atoms with Crippen LogP contribution in [0, 0.1) is 0 Å². The zero-order valence-electron chi connectivity index (χ0n) is 14.8. The van der Waals surface area contributed by atoms with E-state index in [0.717, 1.165) is 15.9 Å². The van der Waals surface area contributed by atoms with Crippen molar-refractivity contribution in [2.45, 2.75) is 19.4 Å². The number of rotatable bonds is 4. The Kier molecular flexibility index (Phi) is 4.24. The van der Waals surface area contributed by atoms with Crippen LogP contribution in [0.4, 0.5) is 0 Å². The largest absolute Gasteiger partial charge is 0.459 e. The van der Waals surface area contributed by atoms with Crippen LogP contribution in [0.5, 0.6) is 0 Å². The maximum atomic E-state index is 12.5. The fourth-order valence-corrected chi connectivity index (χ4v) is 3.28. The van der Waals surface area contributed by atoms with E-state index < -0.39 is 11.8 Å². The molecule has 136 valence electrons. The number of benzene rings is 2. The molecule has 1 atom stereocenters. The van der Waals surface area contributed by atoms with Crippen molar-refractivity contribution in [3.8, 4) is 0 Å². The molecule has 6 nitrogen and oxygen atoms in total. The third-order valence-electron chi connectivity index (χ3n) is 4.69. The Hall–Kier alpha value is -3.41. The summed E-state index contributed by atoms with van der Waals surface area (Å²) in [6.45, 7) is 1.49. The lowest BCUT2D eigenvalue weighted by molar-refractivity contribution is -0.133. The summed E-state index contributed by atoms with van der Waals surface area (Å²) in [4.78, 5) is 38.2. The third kappa shape index (κ3) is 3.21. The molecular weight excluding hydrogens is 344 g/mol. The van der Waals surface area contributed by atoms with Crippen LogP contribution in [-0.2, 0) is 16.0 Å². The Morgan fingerprint density at radius 1 is 1.15 bits per heavy atom. The number of nitrogens with zero attached hydrogens (tertiary/aromatic N) is 1. The Morgan fingerprint density at radius 2 is 1.89 bits per heavy atom. The molecule has 0 saturated heterocycles. The standard InChI is InChI=1S/C21H18N2O4/c1-13(18-10-15-7-3-5-9-17(15)27-18)22-19(24)12-23-20(25)11-14-6-2-4-8-16(14)21(23)26/h2-10,13H,11-12H2,1H3,(H,22,24)/t13-/m1/s1. The maximum absolute atomic E-state index is 12.5. The molecule has 0 aliphatic carbocycles. The number of nitrogens with one attached hydrogen (secondary N) is 1. The van der Waals surface area contributed by atoms with Gasteiger partial charge in [0.2, 0.25) is 11.8 Å². The summed E-state index contributed by atoms with van der Waals surface area (Å²) < 4.78 is 5.75. The predicted octanol–water partition coefficient (Wildman–Crippen LogP) is 2.84. The van der Waals surface area contributed by atoms with Crippen molar-refractivity contribution >= 4 is 28.7 Å². The van der Waals surface area contributed by atoms with Gasteiger partial charge in [0.15, 0.2) is 0 Å². The smallest absolute Gasteiger partial charge is 0.261 e. The first kappa shape index (κ1) is 17.0. The second-order valence-corrected chi connectivity index (χ2v) is 6.59. The van der Waals surface area contributed by atoms with E-state index in [1.807, 2.05) is 30.3 Å². The first-order chi connectivity index (χ1) is 13.0. The van der Waals surface area contributed by atoms with Gasteiger partial charge in [-0.2, -0.15) is 0 Å². The Labute approximate surface area is 155 Å². The molecule has 1 aliphatic rings. The third-order valence-corrected chi connectivity index (χ3v) is 4.69. The Bertz CT molecular complexity index is 1020. The Morgan fingerprint density at radius 3 is 2.70 bits per heavy atom. The number of amides is 3. The van der Waals surface area contributed by atoms with Crippen LogP contribution in [0.2, 0.25) is 0 Å². The van der Waals surface area contributed by atoms with Crippen molar-refractivity contribution in [3.63, 3.8) is 0 Å². The van der Waals surface area contributed by atoms with Gasteiger partial charge in [0.05, 0.1) is 12.5 Å². The lowest BCUT2D eigenvalue weighted by atomic mass is 9.98. The van der Waals surface area contributed by atoms with Gasteiger partial charge in [-0.05, 0) is 30.7 Å². The molecule has 27 heavy (non-hydrogen) atoms. The second-order valence-electron chi connectivity index (χ2n) is 6.59. The van der Waals surface area contributed by atoms with Crippen LogP contribution in [0.3, 0.4) is 0 Å². The van der Waals surface area contributed by atoms with E-state index in [1.165, 1.54) is 0 Å². The molecule has 1 aliphatic heterocycles. The maximum Gasteiger partial charge on any atom is 0.261 e.